The van der Waals surface area contributed by atoms with Crippen LogP contribution in [0.2, 0.25) is 0 Å². The Bertz CT molecular complexity index is 655. The van der Waals surface area contributed by atoms with Crippen LogP contribution in [0.4, 0.5) is 5.13 Å². The highest BCUT2D eigenvalue weighted by atomic mass is 32.1. The van der Waals surface area contributed by atoms with Gasteiger partial charge in [0.05, 0.1) is 29.8 Å². The first-order valence-electron chi connectivity index (χ1n) is 5.72. The van der Waals surface area contributed by atoms with Crippen molar-refractivity contribution in [2.75, 3.05) is 12.4 Å². The summed E-state index contributed by atoms with van der Waals surface area (Å²) in [5, 5.41) is 11.5. The van der Waals surface area contributed by atoms with E-state index in [9.17, 15) is 9.59 Å². The highest BCUT2D eigenvalue weighted by Crippen LogP contribution is 2.29. The van der Waals surface area contributed by atoms with E-state index < -0.39 is 24.3 Å². The number of nitrogens with zero attached hydrogens (tertiary/aromatic N) is 1. The third-order valence-electron chi connectivity index (χ3n) is 2.56. The summed E-state index contributed by atoms with van der Waals surface area (Å²) < 4.78 is 5.95. The number of fused-ring (bicyclic) bond motifs is 1. The van der Waals surface area contributed by atoms with Gasteiger partial charge in [0.15, 0.2) is 5.13 Å². The summed E-state index contributed by atoms with van der Waals surface area (Å²) in [6, 6.07) is 4.25. The van der Waals surface area contributed by atoms with E-state index in [1.807, 2.05) is 0 Å². The van der Waals surface area contributed by atoms with Crippen LogP contribution < -0.4 is 15.8 Å². The zero-order valence-corrected chi connectivity index (χ0v) is 11.4. The van der Waals surface area contributed by atoms with E-state index in [1.165, 1.54) is 11.3 Å². The van der Waals surface area contributed by atoms with Gasteiger partial charge < -0.3 is 20.9 Å². The number of aromatic nitrogens is 1. The largest absolute Gasteiger partial charge is 0.497 e. The van der Waals surface area contributed by atoms with Gasteiger partial charge >= 0.3 is 5.97 Å². The molecule has 0 fully saturated rings. The normalized spacial score (nSPS) is 12.1. The number of aliphatic carboxylic acids is 1. The predicted molar refractivity (Wildman–Crippen MR) is 75.0 cm³/mol. The maximum atomic E-state index is 11.7. The summed E-state index contributed by atoms with van der Waals surface area (Å²) in [7, 11) is 1.57. The SMILES string of the molecule is COc1ccc2nc(NC(=O)C(N)CC(=O)O)sc2c1. The van der Waals surface area contributed by atoms with Gasteiger partial charge in [-0.15, -0.1) is 0 Å². The Balaban J connectivity index is 2.13. The summed E-state index contributed by atoms with van der Waals surface area (Å²) >= 11 is 1.27. The van der Waals surface area contributed by atoms with Crippen molar-refractivity contribution >= 4 is 38.6 Å². The molecule has 8 heteroatoms. The summed E-state index contributed by atoms with van der Waals surface area (Å²) in [5.74, 6) is -0.998. The van der Waals surface area contributed by atoms with Crippen molar-refractivity contribution in [1.29, 1.82) is 0 Å². The van der Waals surface area contributed by atoms with Crippen molar-refractivity contribution in [1.82, 2.24) is 4.98 Å². The number of nitrogens with two attached hydrogens (primary N) is 1. The topological polar surface area (TPSA) is 115 Å². The molecule has 0 aliphatic heterocycles. The van der Waals surface area contributed by atoms with Crippen molar-refractivity contribution in [2.45, 2.75) is 12.5 Å². The summed E-state index contributed by atoms with van der Waals surface area (Å²) in [6.45, 7) is 0. The second-order valence-corrected chi connectivity index (χ2v) is 5.08. The number of amides is 1. The van der Waals surface area contributed by atoms with Crippen molar-refractivity contribution < 1.29 is 19.4 Å². The van der Waals surface area contributed by atoms with Gasteiger partial charge in [-0.25, -0.2) is 4.98 Å². The van der Waals surface area contributed by atoms with Crippen LogP contribution in [0, 0.1) is 0 Å². The molecule has 0 bridgehead atoms. The molecular formula is C12H13N3O4S. The number of benzene rings is 1. The second-order valence-electron chi connectivity index (χ2n) is 4.05. The number of thiazole rings is 1. The summed E-state index contributed by atoms with van der Waals surface area (Å²) in [5.41, 5.74) is 6.19. The third kappa shape index (κ3) is 3.22. The number of carboxylic acids is 1. The van der Waals surface area contributed by atoms with Gasteiger partial charge in [-0.3, -0.25) is 9.59 Å². The number of rotatable bonds is 5. The molecule has 0 spiro atoms. The highest BCUT2D eigenvalue weighted by Gasteiger charge is 2.18. The Hall–Kier alpha value is -2.19. The molecule has 0 aliphatic carbocycles. The minimum Gasteiger partial charge on any atom is -0.497 e. The number of carbonyl (C=O) groups excluding carboxylic acids is 1. The van der Waals surface area contributed by atoms with Gasteiger partial charge in [-0.2, -0.15) is 0 Å². The summed E-state index contributed by atoms with van der Waals surface area (Å²) in [6.07, 6.45) is -0.426. The fraction of sp³-hybridized carbons (Fsp3) is 0.250. The van der Waals surface area contributed by atoms with Crippen molar-refractivity contribution in [3.05, 3.63) is 18.2 Å². The Morgan fingerprint density at radius 2 is 2.30 bits per heavy atom. The summed E-state index contributed by atoms with van der Waals surface area (Å²) in [4.78, 5) is 26.4. The van der Waals surface area contributed by atoms with E-state index >= 15 is 0 Å². The first-order valence-corrected chi connectivity index (χ1v) is 6.54. The second kappa shape index (κ2) is 5.85. The lowest BCUT2D eigenvalue weighted by molar-refractivity contribution is -0.138. The first kappa shape index (κ1) is 14.2. The van der Waals surface area contributed by atoms with Crippen LogP contribution in [0.15, 0.2) is 18.2 Å². The molecule has 4 N–H and O–H groups in total. The van der Waals surface area contributed by atoms with Crippen LogP contribution in [0.5, 0.6) is 5.75 Å². The van der Waals surface area contributed by atoms with Gasteiger partial charge in [-0.05, 0) is 18.2 Å². The molecule has 1 aromatic carbocycles. The molecule has 0 saturated heterocycles. The highest BCUT2D eigenvalue weighted by molar-refractivity contribution is 7.22. The monoisotopic (exact) mass is 295 g/mol. The molecular weight excluding hydrogens is 282 g/mol. The Morgan fingerprint density at radius 1 is 1.55 bits per heavy atom. The fourth-order valence-electron chi connectivity index (χ4n) is 1.56. The zero-order chi connectivity index (χ0) is 14.7. The lowest BCUT2D eigenvalue weighted by atomic mass is 10.2. The lowest BCUT2D eigenvalue weighted by Gasteiger charge is -2.07. The molecule has 7 nitrogen and oxygen atoms in total. The van der Waals surface area contributed by atoms with E-state index in [0.29, 0.717) is 10.9 Å². The van der Waals surface area contributed by atoms with Gasteiger partial charge in [0.2, 0.25) is 5.91 Å². The first-order chi connectivity index (χ1) is 9.49. The Morgan fingerprint density at radius 3 is 2.95 bits per heavy atom. The molecule has 106 valence electrons. The number of carbonyl (C=O) groups is 2. The maximum Gasteiger partial charge on any atom is 0.305 e. The van der Waals surface area contributed by atoms with Crippen LogP contribution in [-0.4, -0.2) is 35.1 Å². The number of hydrogen-bond acceptors (Lipinski definition) is 6. The fourth-order valence-corrected chi connectivity index (χ4v) is 2.46. The van der Waals surface area contributed by atoms with Crippen LogP contribution in [-0.2, 0) is 9.59 Å². The lowest BCUT2D eigenvalue weighted by Crippen LogP contribution is -2.37. The minimum atomic E-state index is -1.12. The number of ether oxygens (including phenoxy) is 1. The number of methoxy groups -OCH3 is 1. The smallest absolute Gasteiger partial charge is 0.305 e. The van der Waals surface area contributed by atoms with Gasteiger partial charge in [0.1, 0.15) is 5.75 Å². The molecule has 0 aliphatic rings. The van der Waals surface area contributed by atoms with E-state index in [0.717, 1.165) is 10.2 Å². The molecule has 1 heterocycles. The molecule has 1 amide bonds. The standard InChI is InChI=1S/C12H13N3O4S/c1-19-6-2-3-8-9(4-6)20-12(14-8)15-11(18)7(13)5-10(16)17/h2-4,7H,5,13H2,1H3,(H,16,17)(H,14,15,18). The van der Waals surface area contributed by atoms with Crippen LogP contribution in [0.1, 0.15) is 6.42 Å². The average Bonchev–Trinajstić information content (AvgIpc) is 2.78. The zero-order valence-electron chi connectivity index (χ0n) is 10.6. The van der Waals surface area contributed by atoms with E-state index in [2.05, 4.69) is 10.3 Å². The van der Waals surface area contributed by atoms with Crippen LogP contribution >= 0.6 is 11.3 Å². The number of hydrogen-bond donors (Lipinski definition) is 3. The molecule has 2 aromatic rings. The molecule has 20 heavy (non-hydrogen) atoms. The van der Waals surface area contributed by atoms with Gasteiger partial charge in [0.25, 0.3) is 0 Å². The molecule has 1 aromatic heterocycles. The minimum absolute atomic E-state index is 0.374. The Kier molecular flexibility index (Phi) is 4.16. The third-order valence-corrected chi connectivity index (χ3v) is 3.49. The van der Waals surface area contributed by atoms with E-state index in [4.69, 9.17) is 15.6 Å². The average molecular weight is 295 g/mol. The molecule has 2 rings (SSSR count). The van der Waals surface area contributed by atoms with Gasteiger partial charge in [0, 0.05) is 0 Å². The molecule has 1 atom stereocenters. The van der Waals surface area contributed by atoms with Crippen molar-refractivity contribution in [2.24, 2.45) is 5.73 Å². The molecule has 0 radical (unpaired) electrons. The van der Waals surface area contributed by atoms with Gasteiger partial charge in [-0.1, -0.05) is 11.3 Å². The van der Waals surface area contributed by atoms with Crippen LogP contribution in [0.3, 0.4) is 0 Å². The molecule has 1 unspecified atom stereocenters. The van der Waals surface area contributed by atoms with E-state index in [1.54, 1.807) is 25.3 Å². The predicted octanol–water partition coefficient (Wildman–Crippen LogP) is 1.05. The van der Waals surface area contributed by atoms with Crippen molar-refractivity contribution in [3.63, 3.8) is 0 Å². The number of anilines is 1. The van der Waals surface area contributed by atoms with E-state index in [-0.39, 0.29) is 0 Å². The maximum absolute atomic E-state index is 11.7. The number of nitrogens with one attached hydrogen (secondary N) is 1. The molecule has 0 saturated carbocycles. The Labute approximate surface area is 118 Å². The number of carboxylic acid groups (broad SMARTS) is 1. The van der Waals surface area contributed by atoms with Crippen LogP contribution in [0.25, 0.3) is 10.2 Å². The van der Waals surface area contributed by atoms with Crippen molar-refractivity contribution in [3.8, 4) is 5.75 Å². The quantitative estimate of drug-likeness (QED) is 0.759.